The third kappa shape index (κ3) is 5.24. The standard InChI is InChI=1S/C25H24N2O3S2/c1-19(32(28,29)30)14-16-27-23-17-20-9-5-6-10-21(20)18-24(23)31-25(27)13-7-8-15-26-22-11-3-2-4-12-22/h2-13,15,17-19H,14,16H2,1H3,(H,28,29,30)/p+1. The Morgan fingerprint density at radius 1 is 1.03 bits per heavy atom. The Morgan fingerprint density at radius 3 is 2.44 bits per heavy atom. The van der Waals surface area contributed by atoms with Crippen LogP contribution in [0.5, 0.6) is 0 Å². The Labute approximate surface area is 192 Å². The van der Waals surface area contributed by atoms with E-state index in [9.17, 15) is 13.0 Å². The van der Waals surface area contributed by atoms with E-state index in [4.69, 9.17) is 0 Å². The van der Waals surface area contributed by atoms with Crippen molar-refractivity contribution in [2.75, 3.05) is 5.32 Å². The number of nitrogens with zero attached hydrogens (tertiary/aromatic N) is 1. The molecule has 1 atom stereocenters. The van der Waals surface area contributed by atoms with Gasteiger partial charge in [-0.3, -0.25) is 4.55 Å². The van der Waals surface area contributed by atoms with Gasteiger partial charge >= 0.3 is 0 Å². The lowest BCUT2D eigenvalue weighted by atomic mass is 10.1. The van der Waals surface area contributed by atoms with E-state index in [0.717, 1.165) is 26.3 Å². The molecule has 0 amide bonds. The lowest BCUT2D eigenvalue weighted by molar-refractivity contribution is -0.669. The second-order valence-corrected chi connectivity index (χ2v) is 10.5. The molecule has 4 aromatic rings. The largest absolute Gasteiger partial charge is 0.362 e. The van der Waals surface area contributed by atoms with Crippen LogP contribution in [0, 0.1) is 0 Å². The van der Waals surface area contributed by atoms with Crippen LogP contribution in [0.3, 0.4) is 0 Å². The molecule has 4 rings (SSSR count). The first-order chi connectivity index (χ1) is 15.4. The van der Waals surface area contributed by atoms with Gasteiger partial charge in [0.1, 0.15) is 4.70 Å². The number of hydrogen-bond acceptors (Lipinski definition) is 4. The molecule has 0 saturated carbocycles. The van der Waals surface area contributed by atoms with Gasteiger partial charge in [0.25, 0.3) is 15.1 Å². The highest BCUT2D eigenvalue weighted by Crippen LogP contribution is 2.27. The molecule has 5 nitrogen and oxygen atoms in total. The van der Waals surface area contributed by atoms with Gasteiger partial charge < -0.3 is 5.32 Å². The van der Waals surface area contributed by atoms with Gasteiger partial charge in [-0.15, -0.1) is 0 Å². The molecule has 0 bridgehead atoms. The van der Waals surface area contributed by atoms with Crippen LogP contribution in [0.2, 0.25) is 0 Å². The predicted octanol–water partition coefficient (Wildman–Crippen LogP) is 5.65. The summed E-state index contributed by atoms with van der Waals surface area (Å²) in [4.78, 5) is 0. The van der Waals surface area contributed by atoms with E-state index in [1.807, 2.05) is 66.9 Å². The molecular weight excluding hydrogens is 440 g/mol. The third-order valence-corrected chi connectivity index (χ3v) is 7.70. The number of aromatic nitrogens is 1. The van der Waals surface area contributed by atoms with Crippen molar-refractivity contribution in [2.24, 2.45) is 0 Å². The topological polar surface area (TPSA) is 70.3 Å². The minimum Gasteiger partial charge on any atom is -0.362 e. The zero-order chi connectivity index (χ0) is 22.6. The monoisotopic (exact) mass is 465 g/mol. The highest BCUT2D eigenvalue weighted by Gasteiger charge is 2.24. The molecule has 1 unspecified atom stereocenters. The first-order valence-electron chi connectivity index (χ1n) is 10.4. The van der Waals surface area contributed by atoms with Crippen LogP contribution in [-0.2, 0) is 16.7 Å². The zero-order valence-electron chi connectivity index (χ0n) is 17.7. The smallest absolute Gasteiger partial charge is 0.267 e. The summed E-state index contributed by atoms with van der Waals surface area (Å²) in [6, 6.07) is 22.4. The maximum Gasteiger partial charge on any atom is 0.267 e. The molecule has 0 radical (unpaired) electrons. The predicted molar refractivity (Wildman–Crippen MR) is 133 cm³/mol. The van der Waals surface area contributed by atoms with Crippen molar-refractivity contribution in [3.63, 3.8) is 0 Å². The first kappa shape index (κ1) is 22.2. The minimum atomic E-state index is -4.05. The van der Waals surface area contributed by atoms with Crippen molar-refractivity contribution in [1.29, 1.82) is 0 Å². The van der Waals surface area contributed by atoms with E-state index >= 15 is 0 Å². The number of aryl methyl sites for hydroxylation is 1. The van der Waals surface area contributed by atoms with Crippen LogP contribution in [0.4, 0.5) is 5.69 Å². The Balaban J connectivity index is 1.63. The third-order valence-electron chi connectivity index (χ3n) is 5.34. The average molecular weight is 466 g/mol. The molecule has 1 aromatic heterocycles. The van der Waals surface area contributed by atoms with Gasteiger partial charge in [0, 0.05) is 30.5 Å². The van der Waals surface area contributed by atoms with Crippen LogP contribution >= 0.6 is 11.3 Å². The van der Waals surface area contributed by atoms with Crippen molar-refractivity contribution >= 4 is 54.2 Å². The highest BCUT2D eigenvalue weighted by molar-refractivity contribution is 7.86. The molecule has 164 valence electrons. The number of hydrogen-bond donors (Lipinski definition) is 2. The molecule has 1 heterocycles. The van der Waals surface area contributed by atoms with Gasteiger partial charge in [-0.1, -0.05) is 59.9 Å². The number of nitrogens with one attached hydrogen (secondary N) is 1. The molecule has 2 N–H and O–H groups in total. The number of anilines is 1. The summed E-state index contributed by atoms with van der Waals surface area (Å²) in [6.07, 6.45) is 8.12. The molecule has 0 aliphatic rings. The number of fused-ring (bicyclic) bond motifs is 2. The molecule has 0 aliphatic heterocycles. The van der Waals surface area contributed by atoms with Gasteiger partial charge in [-0.25, -0.2) is 0 Å². The lowest BCUT2D eigenvalue weighted by Gasteiger charge is -2.05. The number of para-hydroxylation sites is 1. The second kappa shape index (κ2) is 9.65. The lowest BCUT2D eigenvalue weighted by Crippen LogP contribution is -2.37. The number of thiazole rings is 1. The van der Waals surface area contributed by atoms with Crippen LogP contribution < -0.4 is 9.88 Å². The van der Waals surface area contributed by atoms with Gasteiger partial charge in [0.15, 0.2) is 6.54 Å². The van der Waals surface area contributed by atoms with Crippen molar-refractivity contribution in [1.82, 2.24) is 0 Å². The normalized spacial score (nSPS) is 13.4. The Hall–Kier alpha value is -3.00. The summed E-state index contributed by atoms with van der Waals surface area (Å²) < 4.78 is 35.6. The molecule has 0 fully saturated rings. The van der Waals surface area contributed by atoms with Crippen LogP contribution in [0.1, 0.15) is 18.4 Å². The summed E-state index contributed by atoms with van der Waals surface area (Å²) in [6.45, 7) is 2.03. The highest BCUT2D eigenvalue weighted by atomic mass is 32.2. The minimum absolute atomic E-state index is 0.328. The number of rotatable bonds is 8. The summed E-state index contributed by atoms with van der Waals surface area (Å²) in [5.74, 6) is 0. The molecule has 3 aromatic carbocycles. The maximum atomic E-state index is 11.5. The molecule has 0 spiro atoms. The number of allylic oxidation sites excluding steroid dienone is 2. The SMILES string of the molecule is CC(CC[n+]1c(/C=C/C=C/Nc2ccccc2)sc2cc3ccccc3cc21)S(=O)(=O)O. The Bertz CT molecular complexity index is 1390. The maximum absolute atomic E-state index is 11.5. The van der Waals surface area contributed by atoms with Gasteiger partial charge in [0.05, 0.1) is 5.25 Å². The summed E-state index contributed by atoms with van der Waals surface area (Å²) in [5, 5.41) is 5.72. The van der Waals surface area contributed by atoms with Crippen LogP contribution in [0.25, 0.3) is 27.1 Å². The summed E-state index contributed by atoms with van der Waals surface area (Å²) in [5.41, 5.74) is 2.07. The Morgan fingerprint density at radius 2 is 1.72 bits per heavy atom. The van der Waals surface area contributed by atoms with Gasteiger partial charge in [-0.05, 0) is 42.0 Å². The molecular formula is C25H25N2O3S2+. The molecule has 0 aliphatic carbocycles. The van der Waals surface area contributed by atoms with E-state index in [1.165, 1.54) is 12.3 Å². The fourth-order valence-electron chi connectivity index (χ4n) is 3.47. The number of benzene rings is 3. The first-order valence-corrected chi connectivity index (χ1v) is 12.7. The summed E-state index contributed by atoms with van der Waals surface area (Å²) >= 11 is 1.66. The van der Waals surface area contributed by atoms with Crippen molar-refractivity contribution in [3.8, 4) is 0 Å². The second-order valence-electron chi connectivity index (χ2n) is 7.60. The van der Waals surface area contributed by atoms with E-state index in [-0.39, 0.29) is 0 Å². The molecule has 32 heavy (non-hydrogen) atoms. The summed E-state index contributed by atoms with van der Waals surface area (Å²) in [7, 11) is -4.05. The fourth-order valence-corrected chi connectivity index (χ4v) is 5.01. The van der Waals surface area contributed by atoms with E-state index in [2.05, 4.69) is 34.1 Å². The van der Waals surface area contributed by atoms with Crippen LogP contribution in [-0.4, -0.2) is 18.2 Å². The van der Waals surface area contributed by atoms with Crippen molar-refractivity contribution in [3.05, 3.63) is 90.1 Å². The average Bonchev–Trinajstić information content (AvgIpc) is 3.11. The molecule has 0 saturated heterocycles. The molecule has 7 heteroatoms. The zero-order valence-corrected chi connectivity index (χ0v) is 19.3. The van der Waals surface area contributed by atoms with E-state index in [0.29, 0.717) is 13.0 Å². The van der Waals surface area contributed by atoms with E-state index in [1.54, 1.807) is 11.3 Å². The van der Waals surface area contributed by atoms with Gasteiger partial charge in [0.2, 0.25) is 5.52 Å². The Kier molecular flexibility index (Phi) is 6.69. The van der Waals surface area contributed by atoms with Gasteiger partial charge in [-0.2, -0.15) is 13.0 Å². The fraction of sp³-hybridized carbons (Fsp3) is 0.160. The quantitative estimate of drug-likeness (QED) is 0.200. The van der Waals surface area contributed by atoms with Crippen molar-refractivity contribution in [2.45, 2.75) is 25.1 Å². The van der Waals surface area contributed by atoms with Crippen molar-refractivity contribution < 1.29 is 17.5 Å². The van der Waals surface area contributed by atoms with E-state index < -0.39 is 15.4 Å². The van der Waals surface area contributed by atoms with Crippen LogP contribution in [0.15, 0.2) is 85.1 Å².